The maximum atomic E-state index is 6.07. The van der Waals surface area contributed by atoms with Gasteiger partial charge in [-0.3, -0.25) is 0 Å². The molecule has 0 aliphatic rings. The Morgan fingerprint density at radius 1 is 1.00 bits per heavy atom. The molecule has 0 radical (unpaired) electrons. The van der Waals surface area contributed by atoms with E-state index in [0.717, 1.165) is 39.3 Å². The van der Waals surface area contributed by atoms with Gasteiger partial charge in [0, 0.05) is 24.2 Å². The molecule has 0 aliphatic carbocycles. The van der Waals surface area contributed by atoms with E-state index >= 15 is 0 Å². The first-order valence-electron chi connectivity index (χ1n) is 10.8. The number of aryl methyl sites for hydroxylation is 1. The Hall–Kier alpha value is -4.30. The van der Waals surface area contributed by atoms with Gasteiger partial charge in [0.15, 0.2) is 0 Å². The van der Waals surface area contributed by atoms with Gasteiger partial charge in [0.1, 0.15) is 36.0 Å². The van der Waals surface area contributed by atoms with Crippen molar-refractivity contribution in [3.05, 3.63) is 79.3 Å². The second-order valence-corrected chi connectivity index (χ2v) is 7.55. The van der Waals surface area contributed by atoms with Gasteiger partial charge in [0.25, 0.3) is 0 Å². The highest BCUT2D eigenvalue weighted by atomic mass is 16.5. The van der Waals surface area contributed by atoms with Crippen molar-refractivity contribution in [1.29, 1.82) is 0 Å². The summed E-state index contributed by atoms with van der Waals surface area (Å²) in [7, 11) is 1.64. The van der Waals surface area contributed by atoms with E-state index < -0.39 is 0 Å². The molecular weight excluding hydrogens is 430 g/mol. The van der Waals surface area contributed by atoms with Crippen LogP contribution in [0.3, 0.4) is 0 Å². The zero-order valence-electron chi connectivity index (χ0n) is 19.2. The highest BCUT2D eigenvalue weighted by Gasteiger charge is 2.09. The van der Waals surface area contributed by atoms with Crippen LogP contribution >= 0.6 is 0 Å². The summed E-state index contributed by atoms with van der Waals surface area (Å²) < 4.78 is 16.8. The fourth-order valence-electron chi connectivity index (χ4n) is 3.42. The number of nitrogens with one attached hydrogen (secondary N) is 2. The molecule has 0 spiro atoms. The lowest BCUT2D eigenvalue weighted by Gasteiger charge is -2.14. The number of nitrogen functional groups attached to an aromatic ring is 1. The van der Waals surface area contributed by atoms with Crippen molar-refractivity contribution in [2.24, 2.45) is 0 Å². The zero-order chi connectivity index (χ0) is 23.9. The molecule has 0 amide bonds. The highest BCUT2D eigenvalue weighted by Crippen LogP contribution is 2.32. The van der Waals surface area contributed by atoms with E-state index in [4.69, 9.17) is 19.9 Å². The Kier molecular flexibility index (Phi) is 7.10. The standard InChI is InChI=1S/C26H27N5O3/c1-4-28-24-9-7-20(15-22(24)27)34-25-10-5-18(13-17(25)2)31-26-21-14-19(33-12-11-32-3)6-8-23(21)29-16-30-26/h4-10,13-16,28H,1,11-12,27H2,2-3H3,(H,29,30,31). The number of fused-ring (bicyclic) bond motifs is 1. The molecule has 0 atom stereocenters. The molecule has 0 fully saturated rings. The molecule has 4 rings (SSSR count). The first-order valence-corrected chi connectivity index (χ1v) is 10.8. The van der Waals surface area contributed by atoms with Crippen molar-refractivity contribution < 1.29 is 14.2 Å². The molecule has 0 saturated carbocycles. The molecule has 174 valence electrons. The molecule has 8 heteroatoms. The molecule has 34 heavy (non-hydrogen) atoms. The second-order valence-electron chi connectivity index (χ2n) is 7.55. The minimum absolute atomic E-state index is 0.470. The lowest BCUT2D eigenvalue weighted by Crippen LogP contribution is -2.04. The molecule has 0 aliphatic heterocycles. The van der Waals surface area contributed by atoms with E-state index in [2.05, 4.69) is 27.2 Å². The summed E-state index contributed by atoms with van der Waals surface area (Å²) in [5, 5.41) is 7.23. The predicted octanol–water partition coefficient (Wildman–Crippen LogP) is 5.64. The molecule has 0 bridgehead atoms. The Morgan fingerprint density at radius 2 is 1.85 bits per heavy atom. The third-order valence-corrected chi connectivity index (χ3v) is 5.11. The number of nitrogens with two attached hydrogens (primary N) is 1. The number of nitrogens with zero attached hydrogens (tertiary/aromatic N) is 2. The fourth-order valence-corrected chi connectivity index (χ4v) is 3.42. The van der Waals surface area contributed by atoms with Gasteiger partial charge in [0.05, 0.1) is 23.5 Å². The third kappa shape index (κ3) is 5.36. The Labute approximate surface area is 198 Å². The summed E-state index contributed by atoms with van der Waals surface area (Å²) in [5.74, 6) is 2.80. The van der Waals surface area contributed by atoms with Crippen LogP contribution in [0.15, 0.2) is 73.7 Å². The van der Waals surface area contributed by atoms with E-state index in [1.54, 1.807) is 19.4 Å². The third-order valence-electron chi connectivity index (χ3n) is 5.11. The summed E-state index contributed by atoms with van der Waals surface area (Å²) in [6, 6.07) is 17.0. The first kappa shape index (κ1) is 22.9. The molecule has 8 nitrogen and oxygen atoms in total. The predicted molar refractivity (Wildman–Crippen MR) is 136 cm³/mol. The largest absolute Gasteiger partial charge is 0.491 e. The summed E-state index contributed by atoms with van der Waals surface area (Å²) >= 11 is 0. The SMILES string of the molecule is C=CNc1ccc(Oc2ccc(Nc3ncnc4ccc(OCCOC)cc34)cc2C)cc1N. The van der Waals surface area contributed by atoms with Crippen LogP contribution in [0.25, 0.3) is 10.9 Å². The average molecular weight is 458 g/mol. The quantitative estimate of drug-likeness (QED) is 0.208. The maximum absolute atomic E-state index is 6.07. The van der Waals surface area contributed by atoms with Gasteiger partial charge in [-0.15, -0.1) is 0 Å². The van der Waals surface area contributed by atoms with E-state index in [9.17, 15) is 0 Å². The van der Waals surface area contributed by atoms with E-state index in [1.807, 2.05) is 55.5 Å². The number of anilines is 4. The van der Waals surface area contributed by atoms with Crippen LogP contribution in [0, 0.1) is 6.92 Å². The molecule has 1 heterocycles. The average Bonchev–Trinajstić information content (AvgIpc) is 2.83. The number of methoxy groups -OCH3 is 1. The monoisotopic (exact) mass is 457 g/mol. The number of hydrogen-bond acceptors (Lipinski definition) is 8. The van der Waals surface area contributed by atoms with Crippen LogP contribution in [-0.4, -0.2) is 30.3 Å². The number of aromatic nitrogens is 2. The second kappa shape index (κ2) is 10.5. The highest BCUT2D eigenvalue weighted by molar-refractivity contribution is 5.91. The number of hydrogen-bond donors (Lipinski definition) is 3. The van der Waals surface area contributed by atoms with Crippen LogP contribution in [0.4, 0.5) is 22.9 Å². The van der Waals surface area contributed by atoms with Crippen molar-refractivity contribution >= 4 is 33.8 Å². The van der Waals surface area contributed by atoms with Gasteiger partial charge in [-0.2, -0.15) is 0 Å². The minimum atomic E-state index is 0.470. The lowest BCUT2D eigenvalue weighted by molar-refractivity contribution is 0.146. The molecule has 0 unspecified atom stereocenters. The number of benzene rings is 3. The Balaban J connectivity index is 1.52. The van der Waals surface area contributed by atoms with Gasteiger partial charge >= 0.3 is 0 Å². The smallest absolute Gasteiger partial charge is 0.141 e. The van der Waals surface area contributed by atoms with Gasteiger partial charge in [-0.25, -0.2) is 9.97 Å². The lowest BCUT2D eigenvalue weighted by atomic mass is 10.1. The molecule has 3 aromatic carbocycles. The van der Waals surface area contributed by atoms with Gasteiger partial charge < -0.3 is 30.6 Å². The van der Waals surface area contributed by atoms with Crippen molar-refractivity contribution in [1.82, 2.24) is 9.97 Å². The van der Waals surface area contributed by atoms with Gasteiger partial charge in [-0.1, -0.05) is 6.58 Å². The number of ether oxygens (including phenoxy) is 3. The maximum Gasteiger partial charge on any atom is 0.141 e. The van der Waals surface area contributed by atoms with Crippen LogP contribution in [-0.2, 0) is 4.74 Å². The zero-order valence-corrected chi connectivity index (χ0v) is 19.2. The van der Waals surface area contributed by atoms with Crippen LogP contribution < -0.4 is 25.8 Å². The summed E-state index contributed by atoms with van der Waals surface area (Å²) in [6.45, 7) is 6.62. The topological polar surface area (TPSA) is 104 Å². The molecule has 4 aromatic rings. The van der Waals surface area contributed by atoms with Crippen molar-refractivity contribution in [3.63, 3.8) is 0 Å². The number of rotatable bonds is 10. The van der Waals surface area contributed by atoms with E-state index in [-0.39, 0.29) is 0 Å². The van der Waals surface area contributed by atoms with E-state index in [1.165, 1.54) is 6.33 Å². The van der Waals surface area contributed by atoms with Gasteiger partial charge in [-0.05, 0) is 67.2 Å². The summed E-state index contributed by atoms with van der Waals surface area (Å²) in [6.07, 6.45) is 3.12. The van der Waals surface area contributed by atoms with Crippen LogP contribution in [0.5, 0.6) is 17.2 Å². The van der Waals surface area contributed by atoms with Crippen LogP contribution in [0.1, 0.15) is 5.56 Å². The summed E-state index contributed by atoms with van der Waals surface area (Å²) in [5.41, 5.74) is 10.1. The van der Waals surface area contributed by atoms with Crippen molar-refractivity contribution in [2.45, 2.75) is 6.92 Å². The van der Waals surface area contributed by atoms with Crippen molar-refractivity contribution in [2.75, 3.05) is 36.7 Å². The normalized spacial score (nSPS) is 10.6. The molecule has 0 saturated heterocycles. The van der Waals surface area contributed by atoms with Gasteiger partial charge in [0.2, 0.25) is 0 Å². The van der Waals surface area contributed by atoms with E-state index in [0.29, 0.717) is 30.5 Å². The Bertz CT molecular complexity index is 1310. The minimum Gasteiger partial charge on any atom is -0.491 e. The first-order chi connectivity index (χ1) is 16.6. The summed E-state index contributed by atoms with van der Waals surface area (Å²) in [4.78, 5) is 8.78. The Morgan fingerprint density at radius 3 is 2.62 bits per heavy atom. The molecular formula is C26H27N5O3. The van der Waals surface area contributed by atoms with Crippen LogP contribution in [0.2, 0.25) is 0 Å². The fraction of sp³-hybridized carbons (Fsp3) is 0.154. The molecule has 4 N–H and O–H groups in total. The van der Waals surface area contributed by atoms with Crippen molar-refractivity contribution in [3.8, 4) is 17.2 Å². The molecule has 1 aromatic heterocycles.